The third-order valence-corrected chi connectivity index (χ3v) is 4.71. The number of amides is 2. The van der Waals surface area contributed by atoms with Crippen LogP contribution in [0.25, 0.3) is 0 Å². The highest BCUT2D eigenvalue weighted by molar-refractivity contribution is 5.75. The first-order valence-corrected chi connectivity index (χ1v) is 9.24. The van der Waals surface area contributed by atoms with Crippen LogP contribution in [-0.2, 0) is 0 Å². The van der Waals surface area contributed by atoms with Crippen LogP contribution in [0.5, 0.6) is 11.5 Å². The summed E-state index contributed by atoms with van der Waals surface area (Å²) in [5.74, 6) is 1.89. The summed E-state index contributed by atoms with van der Waals surface area (Å²) in [6.07, 6.45) is 0. The second kappa shape index (κ2) is 9.31. The molecule has 0 aliphatic heterocycles. The van der Waals surface area contributed by atoms with Crippen molar-refractivity contribution >= 4 is 6.03 Å². The van der Waals surface area contributed by atoms with E-state index in [0.29, 0.717) is 17.4 Å². The van der Waals surface area contributed by atoms with Gasteiger partial charge in [-0.05, 0) is 43.0 Å². The number of hydrogen-bond acceptors (Lipinski definition) is 3. The fourth-order valence-corrected chi connectivity index (χ4v) is 2.94. The van der Waals surface area contributed by atoms with Gasteiger partial charge in [-0.2, -0.15) is 0 Å². The largest absolute Gasteiger partial charge is 0.497 e. The Morgan fingerprint density at radius 3 is 1.96 bits per heavy atom. The molecule has 0 radical (unpaired) electrons. The minimum Gasteiger partial charge on any atom is -0.497 e. The number of hydrogen-bond donors (Lipinski definition) is 2. The van der Waals surface area contributed by atoms with E-state index >= 15 is 0 Å². The van der Waals surface area contributed by atoms with E-state index in [4.69, 9.17) is 9.47 Å². The number of ether oxygens (including phenoxy) is 2. The van der Waals surface area contributed by atoms with Crippen molar-refractivity contribution in [3.8, 4) is 11.5 Å². The van der Waals surface area contributed by atoms with Gasteiger partial charge in [0.25, 0.3) is 0 Å². The van der Waals surface area contributed by atoms with Gasteiger partial charge in [0, 0.05) is 11.6 Å². The lowest BCUT2D eigenvalue weighted by atomic mass is 10.00. The summed E-state index contributed by atoms with van der Waals surface area (Å²) in [5, 5.41) is 5.96. The van der Waals surface area contributed by atoms with Gasteiger partial charge >= 0.3 is 6.03 Å². The Hall–Kier alpha value is -2.69. The maximum atomic E-state index is 12.4. The Kier molecular flexibility index (Phi) is 7.11. The van der Waals surface area contributed by atoms with Crippen LogP contribution in [0.15, 0.2) is 42.5 Å². The number of urea groups is 1. The molecule has 2 N–H and O–H groups in total. The Morgan fingerprint density at radius 2 is 1.41 bits per heavy atom. The smallest absolute Gasteiger partial charge is 0.315 e. The van der Waals surface area contributed by atoms with E-state index in [1.807, 2.05) is 32.0 Å². The highest BCUT2D eigenvalue weighted by Crippen LogP contribution is 2.29. The number of nitrogens with one attached hydrogen (secondary N) is 2. The molecule has 0 spiro atoms. The quantitative estimate of drug-likeness (QED) is 0.725. The van der Waals surface area contributed by atoms with Crippen molar-refractivity contribution in [2.45, 2.75) is 45.7 Å². The van der Waals surface area contributed by atoms with Crippen molar-refractivity contribution < 1.29 is 14.3 Å². The van der Waals surface area contributed by atoms with Gasteiger partial charge in [-0.25, -0.2) is 4.79 Å². The second-order valence-electron chi connectivity index (χ2n) is 6.99. The molecule has 0 saturated carbocycles. The molecule has 0 heterocycles. The molecule has 0 saturated heterocycles. The standard InChI is InChI=1S/C22H30N2O3/c1-14(2)17-7-9-18(10-8-17)15(3)23-22(25)24-16(4)20-12-11-19(26-5)13-21(20)27-6/h7-16H,1-6H3,(H2,23,24,25). The summed E-state index contributed by atoms with van der Waals surface area (Å²) in [4.78, 5) is 12.4. The number of methoxy groups -OCH3 is 2. The van der Waals surface area contributed by atoms with Gasteiger partial charge in [0.15, 0.2) is 0 Å². The predicted molar refractivity (Wildman–Crippen MR) is 109 cm³/mol. The average molecular weight is 370 g/mol. The number of carbonyl (C=O) groups excluding carboxylic acids is 1. The van der Waals surface area contributed by atoms with E-state index in [1.54, 1.807) is 14.2 Å². The van der Waals surface area contributed by atoms with Gasteiger partial charge in [0.05, 0.1) is 26.3 Å². The van der Waals surface area contributed by atoms with Gasteiger partial charge in [-0.15, -0.1) is 0 Å². The SMILES string of the molecule is COc1ccc(C(C)NC(=O)NC(C)c2ccc(C(C)C)cc2)c(OC)c1. The lowest BCUT2D eigenvalue weighted by Gasteiger charge is -2.21. The van der Waals surface area contributed by atoms with Crippen molar-refractivity contribution in [3.05, 3.63) is 59.2 Å². The Morgan fingerprint density at radius 1 is 0.815 bits per heavy atom. The van der Waals surface area contributed by atoms with Crippen LogP contribution in [0.1, 0.15) is 62.4 Å². The Balaban J connectivity index is 2.00. The van der Waals surface area contributed by atoms with E-state index in [0.717, 1.165) is 11.1 Å². The molecule has 2 aromatic carbocycles. The minimum atomic E-state index is -0.221. The van der Waals surface area contributed by atoms with Gasteiger partial charge in [-0.1, -0.05) is 38.1 Å². The maximum absolute atomic E-state index is 12.4. The zero-order chi connectivity index (χ0) is 20.0. The Labute approximate surface area is 162 Å². The van der Waals surface area contributed by atoms with Crippen molar-refractivity contribution in [1.29, 1.82) is 0 Å². The van der Waals surface area contributed by atoms with Gasteiger partial charge < -0.3 is 20.1 Å². The van der Waals surface area contributed by atoms with Crippen LogP contribution >= 0.6 is 0 Å². The van der Waals surface area contributed by atoms with Crippen LogP contribution in [-0.4, -0.2) is 20.3 Å². The fourth-order valence-electron chi connectivity index (χ4n) is 2.94. The van der Waals surface area contributed by atoms with Crippen LogP contribution in [0.4, 0.5) is 4.79 Å². The van der Waals surface area contributed by atoms with Crippen LogP contribution in [0, 0.1) is 0 Å². The molecular weight excluding hydrogens is 340 g/mol. The first kappa shape index (κ1) is 20.6. The lowest BCUT2D eigenvalue weighted by Crippen LogP contribution is -2.38. The van der Waals surface area contributed by atoms with Gasteiger partial charge in [0.1, 0.15) is 11.5 Å². The predicted octanol–water partition coefficient (Wildman–Crippen LogP) is 4.95. The second-order valence-corrected chi connectivity index (χ2v) is 6.99. The van der Waals surface area contributed by atoms with E-state index in [1.165, 1.54) is 5.56 Å². The molecular formula is C22H30N2O3. The summed E-state index contributed by atoms with van der Waals surface area (Å²) in [5.41, 5.74) is 3.25. The highest BCUT2D eigenvalue weighted by atomic mass is 16.5. The maximum Gasteiger partial charge on any atom is 0.315 e. The van der Waals surface area contributed by atoms with Crippen LogP contribution in [0.3, 0.4) is 0 Å². The molecule has 5 heteroatoms. The average Bonchev–Trinajstić information content (AvgIpc) is 2.67. The van der Waals surface area contributed by atoms with Crippen LogP contribution in [0.2, 0.25) is 0 Å². The summed E-state index contributed by atoms with van der Waals surface area (Å²) >= 11 is 0. The molecule has 0 fully saturated rings. The molecule has 2 atom stereocenters. The summed E-state index contributed by atoms with van der Waals surface area (Å²) in [6, 6.07) is 13.4. The summed E-state index contributed by atoms with van der Waals surface area (Å²) in [7, 11) is 3.21. The van der Waals surface area contributed by atoms with E-state index in [9.17, 15) is 4.79 Å². The topological polar surface area (TPSA) is 59.6 Å². The van der Waals surface area contributed by atoms with Crippen molar-refractivity contribution in [1.82, 2.24) is 10.6 Å². The zero-order valence-electron chi connectivity index (χ0n) is 17.0. The zero-order valence-corrected chi connectivity index (χ0v) is 17.0. The first-order chi connectivity index (χ1) is 12.8. The summed E-state index contributed by atoms with van der Waals surface area (Å²) < 4.78 is 10.6. The van der Waals surface area contributed by atoms with E-state index < -0.39 is 0 Å². The molecule has 2 unspecified atom stereocenters. The molecule has 146 valence electrons. The third-order valence-electron chi connectivity index (χ3n) is 4.71. The third kappa shape index (κ3) is 5.39. The molecule has 27 heavy (non-hydrogen) atoms. The number of rotatable bonds is 7. The Bertz CT molecular complexity index is 757. The van der Waals surface area contributed by atoms with E-state index in [-0.39, 0.29) is 18.1 Å². The molecule has 0 bridgehead atoms. The molecule has 0 aromatic heterocycles. The molecule has 2 rings (SSSR count). The van der Waals surface area contributed by atoms with Crippen molar-refractivity contribution in [2.75, 3.05) is 14.2 Å². The normalized spacial score (nSPS) is 13.0. The first-order valence-electron chi connectivity index (χ1n) is 9.24. The molecule has 2 amide bonds. The fraction of sp³-hybridized carbons (Fsp3) is 0.409. The van der Waals surface area contributed by atoms with Gasteiger partial charge in [-0.3, -0.25) is 0 Å². The highest BCUT2D eigenvalue weighted by Gasteiger charge is 2.16. The number of benzene rings is 2. The summed E-state index contributed by atoms with van der Waals surface area (Å²) in [6.45, 7) is 8.23. The number of carbonyl (C=O) groups is 1. The molecule has 5 nitrogen and oxygen atoms in total. The molecule has 0 aliphatic carbocycles. The monoisotopic (exact) mass is 370 g/mol. The lowest BCUT2D eigenvalue weighted by molar-refractivity contribution is 0.234. The van der Waals surface area contributed by atoms with Crippen LogP contribution < -0.4 is 20.1 Å². The minimum absolute atomic E-state index is 0.0869. The molecule has 0 aliphatic rings. The van der Waals surface area contributed by atoms with Crippen molar-refractivity contribution in [2.24, 2.45) is 0 Å². The van der Waals surface area contributed by atoms with Gasteiger partial charge in [0.2, 0.25) is 0 Å². The van der Waals surface area contributed by atoms with E-state index in [2.05, 4.69) is 48.7 Å². The molecule has 2 aromatic rings. The van der Waals surface area contributed by atoms with Crippen molar-refractivity contribution in [3.63, 3.8) is 0 Å².